The van der Waals surface area contributed by atoms with Gasteiger partial charge in [-0.05, 0) is 13.0 Å². The molecule has 2 N–H and O–H groups in total. The van der Waals surface area contributed by atoms with Gasteiger partial charge in [0.15, 0.2) is 0 Å². The van der Waals surface area contributed by atoms with Gasteiger partial charge in [0.2, 0.25) is 0 Å². The molecule has 20 heavy (non-hydrogen) atoms. The maximum atomic E-state index is 13.3. The van der Waals surface area contributed by atoms with E-state index in [1.807, 2.05) is 6.92 Å². The lowest BCUT2D eigenvalue weighted by atomic mass is 10.0. The number of alkyl halides is 2. The molecule has 1 fully saturated rings. The molecule has 0 radical (unpaired) electrons. The van der Waals surface area contributed by atoms with Crippen LogP contribution in [0.25, 0.3) is 0 Å². The number of piperazine rings is 1. The van der Waals surface area contributed by atoms with Crippen LogP contribution in [0.3, 0.4) is 0 Å². The Hall–Kier alpha value is -0.620. The van der Waals surface area contributed by atoms with Gasteiger partial charge in [0.25, 0.3) is 6.43 Å². The third-order valence-electron chi connectivity index (χ3n) is 3.29. The quantitative estimate of drug-likeness (QED) is 0.895. The molecule has 2 rings (SSSR count). The molecule has 1 saturated heterocycles. The Bertz CT molecular complexity index is 415. The van der Waals surface area contributed by atoms with Gasteiger partial charge in [-0.15, -0.1) is 24.8 Å². The number of phenols is 1. The minimum Gasteiger partial charge on any atom is -0.508 e. The van der Waals surface area contributed by atoms with Crippen molar-refractivity contribution in [1.82, 2.24) is 10.2 Å². The Balaban J connectivity index is 0.00000180. The van der Waals surface area contributed by atoms with Crippen molar-refractivity contribution in [3.05, 3.63) is 29.3 Å². The Morgan fingerprint density at radius 2 is 1.80 bits per heavy atom. The van der Waals surface area contributed by atoms with E-state index in [-0.39, 0.29) is 30.6 Å². The van der Waals surface area contributed by atoms with Crippen LogP contribution in [-0.4, -0.2) is 42.6 Å². The van der Waals surface area contributed by atoms with Crippen molar-refractivity contribution in [2.24, 2.45) is 0 Å². The molecule has 1 aromatic carbocycles. The Morgan fingerprint density at radius 3 is 2.35 bits per heavy atom. The standard InChI is InChI=1S/C13H18F2N2O.2ClH/c1-9-2-3-11(18)10(8-9)12(13(14)15)17-6-4-16-5-7-17;;/h2-3,8,12-13,16,18H,4-7H2,1H3;2*1H/t12-;;/m1../s1. The summed E-state index contributed by atoms with van der Waals surface area (Å²) in [5.74, 6) is -0.0515. The molecule has 0 bridgehead atoms. The van der Waals surface area contributed by atoms with E-state index in [1.54, 1.807) is 17.0 Å². The van der Waals surface area contributed by atoms with Crippen LogP contribution < -0.4 is 5.32 Å². The van der Waals surface area contributed by atoms with Crippen LogP contribution in [0.1, 0.15) is 17.2 Å². The van der Waals surface area contributed by atoms with Gasteiger partial charge >= 0.3 is 0 Å². The molecule has 0 amide bonds. The van der Waals surface area contributed by atoms with Gasteiger partial charge in [0, 0.05) is 31.7 Å². The number of phenolic OH excluding ortho intramolecular Hbond substituents is 1. The number of aryl methyl sites for hydroxylation is 1. The molecule has 0 saturated carbocycles. The number of nitrogens with zero attached hydrogens (tertiary/aromatic N) is 1. The topological polar surface area (TPSA) is 35.5 Å². The lowest BCUT2D eigenvalue weighted by Gasteiger charge is -2.35. The van der Waals surface area contributed by atoms with Crippen LogP contribution >= 0.6 is 24.8 Å². The van der Waals surface area contributed by atoms with Gasteiger partial charge in [-0.25, -0.2) is 8.78 Å². The van der Waals surface area contributed by atoms with Crippen molar-refractivity contribution in [3.8, 4) is 5.75 Å². The molecule has 3 nitrogen and oxygen atoms in total. The van der Waals surface area contributed by atoms with Gasteiger partial charge in [-0.1, -0.05) is 17.7 Å². The first-order valence-electron chi connectivity index (χ1n) is 6.12. The molecule has 0 unspecified atom stereocenters. The second-order valence-electron chi connectivity index (χ2n) is 4.63. The summed E-state index contributed by atoms with van der Waals surface area (Å²) in [5, 5.41) is 12.9. The lowest BCUT2D eigenvalue weighted by molar-refractivity contribution is 0.0170. The third-order valence-corrected chi connectivity index (χ3v) is 3.29. The van der Waals surface area contributed by atoms with Gasteiger partial charge in [-0.3, -0.25) is 4.90 Å². The van der Waals surface area contributed by atoms with Crippen LogP contribution in [-0.2, 0) is 0 Å². The maximum Gasteiger partial charge on any atom is 0.258 e. The monoisotopic (exact) mass is 328 g/mol. The second kappa shape index (κ2) is 8.62. The summed E-state index contributed by atoms with van der Waals surface area (Å²) in [5.41, 5.74) is 1.20. The van der Waals surface area contributed by atoms with Crippen LogP contribution in [0.2, 0.25) is 0 Å². The van der Waals surface area contributed by atoms with Crippen LogP contribution in [0.5, 0.6) is 5.75 Å². The zero-order valence-electron chi connectivity index (χ0n) is 11.2. The van der Waals surface area contributed by atoms with Crippen molar-refractivity contribution in [2.45, 2.75) is 19.4 Å². The van der Waals surface area contributed by atoms with Gasteiger partial charge < -0.3 is 10.4 Å². The summed E-state index contributed by atoms with van der Waals surface area (Å²) in [6, 6.07) is 3.84. The Labute approximate surface area is 130 Å². The minimum absolute atomic E-state index is 0. The average Bonchev–Trinajstić information content (AvgIpc) is 2.35. The normalized spacial score (nSPS) is 17.2. The number of benzene rings is 1. The van der Waals surface area contributed by atoms with E-state index in [4.69, 9.17) is 0 Å². The smallest absolute Gasteiger partial charge is 0.258 e. The first kappa shape index (κ1) is 19.4. The molecule has 1 heterocycles. The van der Waals surface area contributed by atoms with E-state index >= 15 is 0 Å². The van der Waals surface area contributed by atoms with E-state index in [2.05, 4.69) is 5.32 Å². The summed E-state index contributed by atoms with van der Waals surface area (Å²) in [6.07, 6.45) is -2.50. The van der Waals surface area contributed by atoms with E-state index in [1.165, 1.54) is 6.07 Å². The molecule has 1 aliphatic rings. The summed E-state index contributed by atoms with van der Waals surface area (Å²) >= 11 is 0. The molecule has 1 atom stereocenters. The highest BCUT2D eigenvalue weighted by molar-refractivity contribution is 5.85. The second-order valence-corrected chi connectivity index (χ2v) is 4.63. The van der Waals surface area contributed by atoms with Crippen molar-refractivity contribution < 1.29 is 13.9 Å². The molecular formula is C13H20Cl2F2N2O. The first-order chi connectivity index (χ1) is 8.59. The minimum atomic E-state index is -2.50. The van der Waals surface area contributed by atoms with Gasteiger partial charge in [0.1, 0.15) is 5.75 Å². The lowest BCUT2D eigenvalue weighted by Crippen LogP contribution is -2.46. The van der Waals surface area contributed by atoms with Crippen LogP contribution in [0, 0.1) is 6.92 Å². The van der Waals surface area contributed by atoms with Crippen molar-refractivity contribution in [2.75, 3.05) is 26.2 Å². The van der Waals surface area contributed by atoms with Crippen molar-refractivity contribution in [1.29, 1.82) is 0 Å². The maximum absolute atomic E-state index is 13.3. The zero-order chi connectivity index (χ0) is 13.1. The fourth-order valence-corrected chi connectivity index (χ4v) is 2.36. The fraction of sp³-hybridized carbons (Fsp3) is 0.538. The van der Waals surface area contributed by atoms with E-state index in [0.29, 0.717) is 31.7 Å². The summed E-state index contributed by atoms with van der Waals surface area (Å²) in [6.45, 7) is 4.39. The number of hydrogen-bond acceptors (Lipinski definition) is 3. The summed E-state index contributed by atoms with van der Waals surface area (Å²) in [7, 11) is 0. The van der Waals surface area contributed by atoms with Gasteiger partial charge in [0.05, 0.1) is 6.04 Å². The van der Waals surface area contributed by atoms with Crippen molar-refractivity contribution >= 4 is 24.8 Å². The molecule has 1 aliphatic heterocycles. The van der Waals surface area contributed by atoms with E-state index in [0.717, 1.165) is 5.56 Å². The molecule has 116 valence electrons. The summed E-state index contributed by atoms with van der Waals surface area (Å²) in [4.78, 5) is 1.73. The Kier molecular flexibility index (Phi) is 8.35. The molecule has 0 aliphatic carbocycles. The number of halogens is 4. The average molecular weight is 329 g/mol. The van der Waals surface area contributed by atoms with Gasteiger partial charge in [-0.2, -0.15) is 0 Å². The predicted octanol–water partition coefficient (Wildman–Crippen LogP) is 2.76. The SMILES string of the molecule is Cc1ccc(O)c([C@H](C(F)F)N2CCNCC2)c1.Cl.Cl. The summed E-state index contributed by atoms with van der Waals surface area (Å²) < 4.78 is 26.6. The van der Waals surface area contributed by atoms with Crippen LogP contribution in [0.15, 0.2) is 18.2 Å². The number of rotatable bonds is 3. The Morgan fingerprint density at radius 1 is 1.20 bits per heavy atom. The highest BCUT2D eigenvalue weighted by atomic mass is 35.5. The fourth-order valence-electron chi connectivity index (χ4n) is 2.36. The number of aromatic hydroxyl groups is 1. The number of hydrogen-bond donors (Lipinski definition) is 2. The first-order valence-corrected chi connectivity index (χ1v) is 6.12. The predicted molar refractivity (Wildman–Crippen MR) is 80.5 cm³/mol. The highest BCUT2D eigenvalue weighted by Gasteiger charge is 2.31. The zero-order valence-corrected chi connectivity index (χ0v) is 12.8. The molecule has 0 spiro atoms. The van der Waals surface area contributed by atoms with Crippen LogP contribution in [0.4, 0.5) is 8.78 Å². The molecule has 0 aromatic heterocycles. The van der Waals surface area contributed by atoms with E-state index < -0.39 is 12.5 Å². The van der Waals surface area contributed by atoms with E-state index in [9.17, 15) is 13.9 Å². The molecule has 7 heteroatoms. The third kappa shape index (κ3) is 4.45. The largest absolute Gasteiger partial charge is 0.508 e. The molecule has 1 aromatic rings. The number of nitrogens with one attached hydrogen (secondary N) is 1. The molecular weight excluding hydrogens is 309 g/mol. The van der Waals surface area contributed by atoms with Crippen molar-refractivity contribution in [3.63, 3.8) is 0 Å². The highest BCUT2D eigenvalue weighted by Crippen LogP contribution is 2.34.